The van der Waals surface area contributed by atoms with Crippen LogP contribution < -0.4 is 10.5 Å². The molecule has 0 amide bonds. The zero-order valence-electron chi connectivity index (χ0n) is 9.21. The zero-order chi connectivity index (χ0) is 12.4. The number of ether oxygens (including phenoxy) is 1. The Bertz CT molecular complexity index is 557. The van der Waals surface area contributed by atoms with E-state index in [4.69, 9.17) is 10.5 Å². The molecule has 0 saturated heterocycles. The number of nitrogen functional groups attached to an aromatic ring is 1. The fourth-order valence-electron chi connectivity index (χ4n) is 1.40. The molecule has 0 aliphatic carbocycles. The zero-order valence-corrected chi connectivity index (χ0v) is 10.8. The third kappa shape index (κ3) is 2.77. The third-order valence-electron chi connectivity index (χ3n) is 2.33. The molecule has 0 aliphatic heterocycles. The smallest absolute Gasteiger partial charge is 0.153 e. The van der Waals surface area contributed by atoms with Gasteiger partial charge in [0.2, 0.25) is 0 Å². The lowest BCUT2D eigenvalue weighted by atomic mass is 10.2. The van der Waals surface area contributed by atoms with E-state index >= 15 is 0 Å². The third-order valence-corrected chi connectivity index (χ3v) is 3.22. The van der Waals surface area contributed by atoms with Gasteiger partial charge in [0.25, 0.3) is 0 Å². The highest BCUT2D eigenvalue weighted by Crippen LogP contribution is 2.30. The molecule has 0 heterocycles. The van der Waals surface area contributed by atoms with Gasteiger partial charge in [-0.1, -0.05) is 15.9 Å². The summed E-state index contributed by atoms with van der Waals surface area (Å²) in [5, 5.41) is 0. The summed E-state index contributed by atoms with van der Waals surface area (Å²) in [5.41, 5.74) is 7.15. The van der Waals surface area contributed by atoms with Crippen LogP contribution in [0.3, 0.4) is 0 Å². The summed E-state index contributed by atoms with van der Waals surface area (Å²) in [6.07, 6.45) is 0. The standard InChI is InChI=1S/C13H11BrFNO/c1-8-6-10(3-4-11(8)14)17-13-7-9(15)2-5-12(13)16/h2-7H,16H2,1H3. The molecule has 4 heteroatoms. The van der Waals surface area contributed by atoms with E-state index in [9.17, 15) is 4.39 Å². The van der Waals surface area contributed by atoms with Crippen molar-refractivity contribution in [3.05, 3.63) is 52.3 Å². The summed E-state index contributed by atoms with van der Waals surface area (Å²) in [7, 11) is 0. The fourth-order valence-corrected chi connectivity index (χ4v) is 1.65. The molecule has 0 aromatic heterocycles. The molecule has 0 spiro atoms. The Morgan fingerprint density at radius 1 is 1.18 bits per heavy atom. The van der Waals surface area contributed by atoms with E-state index in [-0.39, 0.29) is 5.82 Å². The molecule has 2 nitrogen and oxygen atoms in total. The molecule has 0 unspecified atom stereocenters. The first kappa shape index (κ1) is 11.9. The summed E-state index contributed by atoms with van der Waals surface area (Å²) in [6.45, 7) is 1.95. The van der Waals surface area contributed by atoms with Crippen LogP contribution in [-0.4, -0.2) is 0 Å². The average Bonchev–Trinajstić information content (AvgIpc) is 2.29. The first-order valence-electron chi connectivity index (χ1n) is 5.05. The number of aryl methyl sites for hydroxylation is 1. The fraction of sp³-hybridized carbons (Fsp3) is 0.0769. The van der Waals surface area contributed by atoms with Gasteiger partial charge in [-0.15, -0.1) is 0 Å². The van der Waals surface area contributed by atoms with Crippen molar-refractivity contribution in [3.63, 3.8) is 0 Å². The van der Waals surface area contributed by atoms with Gasteiger partial charge in [0.05, 0.1) is 5.69 Å². The molecule has 2 rings (SSSR count). The molecule has 0 aliphatic rings. The van der Waals surface area contributed by atoms with Crippen molar-refractivity contribution in [2.24, 2.45) is 0 Å². The molecule has 2 aromatic rings. The van der Waals surface area contributed by atoms with Crippen LogP contribution in [0.4, 0.5) is 10.1 Å². The van der Waals surface area contributed by atoms with E-state index in [1.807, 2.05) is 19.1 Å². The van der Waals surface area contributed by atoms with Gasteiger partial charge >= 0.3 is 0 Å². The van der Waals surface area contributed by atoms with Crippen molar-refractivity contribution in [1.29, 1.82) is 0 Å². The number of nitrogens with two attached hydrogens (primary N) is 1. The van der Waals surface area contributed by atoms with E-state index in [1.165, 1.54) is 18.2 Å². The first-order valence-corrected chi connectivity index (χ1v) is 5.84. The highest BCUT2D eigenvalue weighted by Gasteiger charge is 2.05. The number of halogens is 2. The maximum atomic E-state index is 13.1. The van der Waals surface area contributed by atoms with E-state index in [0.717, 1.165) is 10.0 Å². The van der Waals surface area contributed by atoms with Crippen LogP contribution in [0.5, 0.6) is 11.5 Å². The monoisotopic (exact) mass is 295 g/mol. The van der Waals surface area contributed by atoms with Crippen LogP contribution in [0.1, 0.15) is 5.56 Å². The molecule has 2 aromatic carbocycles. The maximum absolute atomic E-state index is 13.1. The van der Waals surface area contributed by atoms with Crippen LogP contribution in [0.25, 0.3) is 0 Å². The molecular formula is C13H11BrFNO. The van der Waals surface area contributed by atoms with Gasteiger partial charge in [-0.2, -0.15) is 0 Å². The topological polar surface area (TPSA) is 35.2 Å². The van der Waals surface area contributed by atoms with Crippen molar-refractivity contribution in [2.75, 3.05) is 5.73 Å². The number of hydrogen-bond donors (Lipinski definition) is 1. The van der Waals surface area contributed by atoms with Crippen molar-refractivity contribution in [3.8, 4) is 11.5 Å². The minimum atomic E-state index is -0.372. The molecular weight excluding hydrogens is 285 g/mol. The minimum Gasteiger partial charge on any atom is -0.455 e. The van der Waals surface area contributed by atoms with Crippen molar-refractivity contribution in [1.82, 2.24) is 0 Å². The largest absolute Gasteiger partial charge is 0.455 e. The van der Waals surface area contributed by atoms with Gasteiger partial charge in [0.15, 0.2) is 5.75 Å². The van der Waals surface area contributed by atoms with Crippen LogP contribution >= 0.6 is 15.9 Å². The van der Waals surface area contributed by atoms with Crippen LogP contribution in [-0.2, 0) is 0 Å². The molecule has 0 bridgehead atoms. The molecule has 0 radical (unpaired) electrons. The Morgan fingerprint density at radius 2 is 1.94 bits per heavy atom. The van der Waals surface area contributed by atoms with Gasteiger partial charge in [-0.3, -0.25) is 0 Å². The quantitative estimate of drug-likeness (QED) is 0.840. The predicted molar refractivity (Wildman–Crippen MR) is 69.8 cm³/mol. The number of benzene rings is 2. The van der Waals surface area contributed by atoms with Gasteiger partial charge in [-0.05, 0) is 42.8 Å². The number of hydrogen-bond acceptors (Lipinski definition) is 2. The molecule has 88 valence electrons. The lowest BCUT2D eigenvalue weighted by Gasteiger charge is -2.09. The highest BCUT2D eigenvalue weighted by molar-refractivity contribution is 9.10. The van der Waals surface area contributed by atoms with Crippen molar-refractivity contribution < 1.29 is 9.13 Å². The number of rotatable bonds is 2. The molecule has 0 fully saturated rings. The summed E-state index contributed by atoms with van der Waals surface area (Å²) < 4.78 is 19.6. The molecule has 2 N–H and O–H groups in total. The maximum Gasteiger partial charge on any atom is 0.153 e. The van der Waals surface area contributed by atoms with Crippen LogP contribution in [0.2, 0.25) is 0 Å². The van der Waals surface area contributed by atoms with Gasteiger partial charge in [0.1, 0.15) is 11.6 Å². The van der Waals surface area contributed by atoms with E-state index in [1.54, 1.807) is 6.07 Å². The van der Waals surface area contributed by atoms with E-state index in [0.29, 0.717) is 17.2 Å². The summed E-state index contributed by atoms with van der Waals surface area (Å²) in [6, 6.07) is 9.58. The highest BCUT2D eigenvalue weighted by atomic mass is 79.9. The predicted octanol–water partition coefficient (Wildman–Crippen LogP) is 4.27. The van der Waals surface area contributed by atoms with Crippen LogP contribution in [0.15, 0.2) is 40.9 Å². The Balaban J connectivity index is 2.31. The molecule has 17 heavy (non-hydrogen) atoms. The second-order valence-corrected chi connectivity index (χ2v) is 4.55. The van der Waals surface area contributed by atoms with Crippen molar-refractivity contribution in [2.45, 2.75) is 6.92 Å². The minimum absolute atomic E-state index is 0.326. The lowest BCUT2D eigenvalue weighted by molar-refractivity contribution is 0.478. The van der Waals surface area contributed by atoms with Gasteiger partial charge < -0.3 is 10.5 Å². The second-order valence-electron chi connectivity index (χ2n) is 3.70. The Labute approximate surface area is 107 Å². The average molecular weight is 296 g/mol. The van der Waals surface area contributed by atoms with Gasteiger partial charge in [-0.25, -0.2) is 4.39 Å². The SMILES string of the molecule is Cc1cc(Oc2cc(F)ccc2N)ccc1Br. The normalized spacial score (nSPS) is 10.3. The van der Waals surface area contributed by atoms with Gasteiger partial charge in [0, 0.05) is 10.5 Å². The Morgan fingerprint density at radius 3 is 2.65 bits per heavy atom. The lowest BCUT2D eigenvalue weighted by Crippen LogP contribution is -1.93. The summed E-state index contributed by atoms with van der Waals surface area (Å²) in [5.74, 6) is 0.581. The van der Waals surface area contributed by atoms with Crippen LogP contribution in [0, 0.1) is 12.7 Å². The molecule has 0 atom stereocenters. The Hall–Kier alpha value is -1.55. The molecule has 0 saturated carbocycles. The first-order chi connectivity index (χ1) is 8.06. The Kier molecular flexibility index (Phi) is 3.33. The van der Waals surface area contributed by atoms with Crippen molar-refractivity contribution >= 4 is 21.6 Å². The summed E-state index contributed by atoms with van der Waals surface area (Å²) in [4.78, 5) is 0. The second kappa shape index (κ2) is 4.75. The number of anilines is 1. The summed E-state index contributed by atoms with van der Waals surface area (Å²) >= 11 is 3.40. The van der Waals surface area contributed by atoms with E-state index in [2.05, 4.69) is 15.9 Å². The van der Waals surface area contributed by atoms with E-state index < -0.39 is 0 Å².